The van der Waals surface area contributed by atoms with Crippen molar-refractivity contribution in [2.75, 3.05) is 19.6 Å². The van der Waals surface area contributed by atoms with Gasteiger partial charge in [0.2, 0.25) is 15.9 Å². The maximum absolute atomic E-state index is 13.6. The molecule has 276 valence electrons. The topological polar surface area (TPSA) is 117 Å². The Morgan fingerprint density at radius 1 is 0.788 bits per heavy atom. The van der Waals surface area contributed by atoms with E-state index in [2.05, 4.69) is 14.9 Å². The molecule has 2 aliphatic rings. The third-order valence-corrected chi connectivity index (χ3v) is 11.5. The molecule has 0 aromatic heterocycles. The van der Waals surface area contributed by atoms with Crippen LogP contribution in [0, 0.1) is 6.92 Å². The fourth-order valence-electron chi connectivity index (χ4n) is 6.93. The number of hydrogen-bond donors (Lipinski definition) is 3. The van der Waals surface area contributed by atoms with E-state index in [1.165, 1.54) is 32.1 Å². The van der Waals surface area contributed by atoms with Crippen LogP contribution in [0.2, 0.25) is 0 Å². The first kappa shape index (κ1) is 37.8. The Balaban J connectivity index is 1.13. The van der Waals surface area contributed by atoms with E-state index in [1.54, 1.807) is 24.3 Å². The van der Waals surface area contributed by atoms with Crippen molar-refractivity contribution in [3.05, 3.63) is 137 Å². The monoisotopic (exact) mass is 725 g/mol. The molecule has 0 aliphatic carbocycles. The van der Waals surface area contributed by atoms with Gasteiger partial charge in [-0.3, -0.25) is 4.79 Å². The van der Waals surface area contributed by atoms with Crippen LogP contribution < -0.4 is 10.0 Å². The fourth-order valence-corrected chi connectivity index (χ4v) is 8.13. The van der Waals surface area contributed by atoms with Gasteiger partial charge < -0.3 is 24.8 Å². The predicted molar refractivity (Wildman–Crippen MR) is 202 cm³/mol. The molecule has 2 heterocycles. The Morgan fingerprint density at radius 2 is 1.42 bits per heavy atom. The first-order valence-electron chi connectivity index (χ1n) is 18.5. The van der Waals surface area contributed by atoms with Crippen LogP contribution in [0.5, 0.6) is 0 Å². The number of carbonyl (C=O) groups is 1. The maximum Gasteiger partial charge on any atom is 0.241 e. The molecule has 2 fully saturated rings. The van der Waals surface area contributed by atoms with Gasteiger partial charge in [0.1, 0.15) is 6.04 Å². The standard InChI is InChI=1S/C42H51N3O6S/c1-31-12-22-38(23-13-31)52(48,49)44-39(26-32-10-6-5-7-11-32)41(47)43-28-33-14-20-36(21-15-33)42-50-37(29-45-24-8-3-2-4-9-25-45)27-40(51-42)35-18-16-34(30-46)17-19-35/h5-7,10-23,37,39-40,42,44,46H,2-4,8-9,24-30H2,1H3,(H,43,47)/t37-,39+,40+,42+/m0/s1. The number of amides is 1. The van der Waals surface area contributed by atoms with Crippen molar-refractivity contribution in [1.29, 1.82) is 0 Å². The average Bonchev–Trinajstić information content (AvgIpc) is 3.15. The van der Waals surface area contributed by atoms with E-state index in [-0.39, 0.29) is 36.7 Å². The van der Waals surface area contributed by atoms with Crippen LogP contribution in [0.1, 0.15) is 84.3 Å². The van der Waals surface area contributed by atoms with E-state index in [0.29, 0.717) is 0 Å². The minimum atomic E-state index is -3.94. The summed E-state index contributed by atoms with van der Waals surface area (Å²) in [5, 5.41) is 12.5. The van der Waals surface area contributed by atoms with Gasteiger partial charge in [0, 0.05) is 25.1 Å². The molecule has 0 spiro atoms. The van der Waals surface area contributed by atoms with E-state index in [9.17, 15) is 18.3 Å². The van der Waals surface area contributed by atoms with Crippen molar-refractivity contribution >= 4 is 15.9 Å². The lowest BCUT2D eigenvalue weighted by molar-refractivity contribution is -0.253. The van der Waals surface area contributed by atoms with Gasteiger partial charge in [0.15, 0.2) is 6.29 Å². The number of nitrogens with zero attached hydrogens (tertiary/aromatic N) is 1. The van der Waals surface area contributed by atoms with Crippen molar-refractivity contribution in [3.8, 4) is 0 Å². The zero-order chi connectivity index (χ0) is 36.3. The number of rotatable bonds is 13. The van der Waals surface area contributed by atoms with E-state index >= 15 is 0 Å². The molecule has 4 aromatic carbocycles. The zero-order valence-corrected chi connectivity index (χ0v) is 30.8. The second kappa shape index (κ2) is 18.2. The molecule has 4 aromatic rings. The second-order valence-electron chi connectivity index (χ2n) is 14.1. The van der Waals surface area contributed by atoms with Crippen LogP contribution in [0.3, 0.4) is 0 Å². The maximum atomic E-state index is 13.6. The van der Waals surface area contributed by atoms with Crippen molar-refractivity contribution in [1.82, 2.24) is 14.9 Å². The number of nitrogens with one attached hydrogen (secondary N) is 2. The molecule has 0 radical (unpaired) electrons. The molecule has 10 heteroatoms. The molecule has 3 N–H and O–H groups in total. The smallest absolute Gasteiger partial charge is 0.241 e. The number of benzene rings is 4. The summed E-state index contributed by atoms with van der Waals surface area (Å²) < 4.78 is 42.4. The second-order valence-corrected chi connectivity index (χ2v) is 15.8. The molecule has 0 saturated carbocycles. The molecule has 6 rings (SSSR count). The lowest BCUT2D eigenvalue weighted by Crippen LogP contribution is -2.47. The van der Waals surface area contributed by atoms with Crippen LogP contribution in [0.15, 0.2) is 108 Å². The molecule has 2 aliphatic heterocycles. The normalized spacial score (nSPS) is 20.8. The summed E-state index contributed by atoms with van der Waals surface area (Å²) in [7, 11) is -3.94. The predicted octanol–water partition coefficient (Wildman–Crippen LogP) is 6.50. The van der Waals surface area contributed by atoms with Gasteiger partial charge >= 0.3 is 0 Å². The average molecular weight is 726 g/mol. The van der Waals surface area contributed by atoms with Crippen LogP contribution in [-0.2, 0) is 43.9 Å². The number of likely N-dealkylation sites (tertiary alicyclic amines) is 1. The summed E-state index contributed by atoms with van der Waals surface area (Å²) in [5.41, 5.74) is 5.46. The summed E-state index contributed by atoms with van der Waals surface area (Å²) in [6.07, 6.45) is 6.50. The first-order valence-corrected chi connectivity index (χ1v) is 20.0. The molecule has 4 atom stereocenters. The van der Waals surface area contributed by atoms with Gasteiger partial charge in [0.05, 0.1) is 23.7 Å². The van der Waals surface area contributed by atoms with Gasteiger partial charge in [-0.05, 0) is 73.7 Å². The fraction of sp³-hybridized carbons (Fsp3) is 0.405. The molecular formula is C42H51N3O6S. The Morgan fingerprint density at radius 3 is 2.10 bits per heavy atom. The van der Waals surface area contributed by atoms with Crippen LogP contribution in [-0.4, -0.2) is 56.1 Å². The molecule has 0 unspecified atom stereocenters. The molecule has 1 amide bonds. The highest BCUT2D eigenvalue weighted by molar-refractivity contribution is 7.89. The summed E-state index contributed by atoms with van der Waals surface area (Å²) in [6.45, 7) is 5.14. The van der Waals surface area contributed by atoms with Crippen molar-refractivity contribution in [2.24, 2.45) is 0 Å². The minimum Gasteiger partial charge on any atom is -0.392 e. The number of aryl methyl sites for hydroxylation is 1. The SMILES string of the molecule is Cc1ccc(S(=O)(=O)N[C@H](Cc2ccccc2)C(=O)NCc2ccc([C@@H]3O[C@H](CN4CCCCCCC4)C[C@H](c4ccc(CO)cc4)O3)cc2)cc1. The lowest BCUT2D eigenvalue weighted by atomic mass is 9.99. The quantitative estimate of drug-likeness (QED) is 0.144. The number of aliphatic hydroxyl groups is 1. The molecular weight excluding hydrogens is 675 g/mol. The third kappa shape index (κ3) is 10.6. The Labute approximate surface area is 308 Å². The van der Waals surface area contributed by atoms with Crippen LogP contribution >= 0.6 is 0 Å². The minimum absolute atomic E-state index is 0.00134. The van der Waals surface area contributed by atoms with Crippen LogP contribution in [0.25, 0.3) is 0 Å². The number of carbonyl (C=O) groups excluding carboxylic acids is 1. The van der Waals surface area contributed by atoms with Gasteiger partial charge in [-0.25, -0.2) is 8.42 Å². The number of ether oxygens (including phenoxy) is 2. The summed E-state index contributed by atoms with van der Waals surface area (Å²) in [5.74, 6) is -0.412. The summed E-state index contributed by atoms with van der Waals surface area (Å²) in [4.78, 5) is 16.2. The lowest BCUT2D eigenvalue weighted by Gasteiger charge is -2.38. The molecule has 52 heavy (non-hydrogen) atoms. The highest BCUT2D eigenvalue weighted by Gasteiger charge is 2.33. The highest BCUT2D eigenvalue weighted by atomic mass is 32.2. The Hall–Kier alpha value is -3.90. The molecule has 9 nitrogen and oxygen atoms in total. The third-order valence-electron chi connectivity index (χ3n) is 9.97. The Bertz CT molecular complexity index is 1810. The van der Waals surface area contributed by atoms with Crippen molar-refractivity contribution < 1.29 is 27.8 Å². The van der Waals surface area contributed by atoms with Gasteiger partial charge in [0.25, 0.3) is 0 Å². The van der Waals surface area contributed by atoms with Crippen LogP contribution in [0.4, 0.5) is 0 Å². The first-order chi connectivity index (χ1) is 25.3. The van der Waals surface area contributed by atoms with Gasteiger partial charge in [-0.15, -0.1) is 0 Å². The zero-order valence-electron chi connectivity index (χ0n) is 30.0. The highest BCUT2D eigenvalue weighted by Crippen LogP contribution is 2.38. The van der Waals surface area contributed by atoms with Crippen molar-refractivity contribution in [2.45, 2.75) is 94.5 Å². The van der Waals surface area contributed by atoms with E-state index in [1.807, 2.05) is 85.8 Å². The molecule has 2 saturated heterocycles. The van der Waals surface area contributed by atoms with Gasteiger partial charge in [-0.1, -0.05) is 116 Å². The largest absolute Gasteiger partial charge is 0.392 e. The number of sulfonamides is 1. The molecule has 0 bridgehead atoms. The summed E-state index contributed by atoms with van der Waals surface area (Å²) >= 11 is 0. The Kier molecular flexibility index (Phi) is 13.3. The number of hydrogen-bond acceptors (Lipinski definition) is 7. The van der Waals surface area contributed by atoms with Gasteiger partial charge in [-0.2, -0.15) is 4.72 Å². The number of aliphatic hydroxyl groups excluding tert-OH is 1. The van der Waals surface area contributed by atoms with E-state index in [0.717, 1.165) is 59.4 Å². The van der Waals surface area contributed by atoms with E-state index in [4.69, 9.17) is 9.47 Å². The van der Waals surface area contributed by atoms with E-state index < -0.39 is 28.3 Å². The van der Waals surface area contributed by atoms with Crippen molar-refractivity contribution in [3.63, 3.8) is 0 Å². The summed E-state index contributed by atoms with van der Waals surface area (Å²) in [6, 6.07) is 30.7.